The number of hydrogen-bond acceptors (Lipinski definition) is 4. The van der Waals surface area contributed by atoms with E-state index in [-0.39, 0.29) is 0 Å². The average Bonchev–Trinajstić information content (AvgIpc) is 2.83. The SMILES string of the molecule is C=CCn1c(CC)nc(-c2ccc(OC)cc2OC)c1N. The largest absolute Gasteiger partial charge is 0.497 e. The van der Waals surface area contributed by atoms with Crippen molar-refractivity contribution in [3.05, 3.63) is 36.7 Å². The molecule has 0 aliphatic rings. The lowest BCUT2D eigenvalue weighted by Crippen LogP contribution is -2.05. The number of methoxy groups -OCH3 is 2. The van der Waals surface area contributed by atoms with Gasteiger partial charge in [-0.15, -0.1) is 6.58 Å². The number of nitrogen functional groups attached to an aromatic ring is 1. The first-order valence-electron chi connectivity index (χ1n) is 6.84. The number of allylic oxidation sites excluding steroid dienone is 1. The second-order valence-corrected chi connectivity index (χ2v) is 4.58. The molecule has 1 aromatic carbocycles. The Kier molecular flexibility index (Phi) is 4.52. The predicted octanol–water partition coefficient (Wildman–Crippen LogP) is 2.90. The maximum absolute atomic E-state index is 6.26. The molecule has 0 fully saturated rings. The molecule has 1 heterocycles. The van der Waals surface area contributed by atoms with E-state index in [2.05, 4.69) is 18.5 Å². The third kappa shape index (κ3) is 2.72. The molecule has 0 unspecified atom stereocenters. The summed E-state index contributed by atoms with van der Waals surface area (Å²) in [4.78, 5) is 4.65. The van der Waals surface area contributed by atoms with Gasteiger partial charge in [0, 0.05) is 24.6 Å². The highest BCUT2D eigenvalue weighted by molar-refractivity contribution is 5.77. The number of rotatable bonds is 6. The van der Waals surface area contributed by atoms with Gasteiger partial charge in [-0.25, -0.2) is 4.98 Å². The van der Waals surface area contributed by atoms with Gasteiger partial charge in [0.2, 0.25) is 0 Å². The summed E-state index contributed by atoms with van der Waals surface area (Å²) in [5.41, 5.74) is 7.84. The van der Waals surface area contributed by atoms with E-state index in [1.165, 1.54) is 0 Å². The van der Waals surface area contributed by atoms with Gasteiger partial charge in [-0.3, -0.25) is 0 Å². The molecule has 0 amide bonds. The molecule has 1 aromatic heterocycles. The number of aryl methyl sites for hydroxylation is 1. The molecule has 5 nitrogen and oxygen atoms in total. The number of nitrogens with zero attached hydrogens (tertiary/aromatic N) is 2. The summed E-state index contributed by atoms with van der Waals surface area (Å²) in [6.07, 6.45) is 2.61. The topological polar surface area (TPSA) is 62.3 Å². The highest BCUT2D eigenvalue weighted by Gasteiger charge is 2.18. The van der Waals surface area contributed by atoms with E-state index in [1.54, 1.807) is 14.2 Å². The van der Waals surface area contributed by atoms with Crippen molar-refractivity contribution in [3.63, 3.8) is 0 Å². The molecule has 0 saturated heterocycles. The first kappa shape index (κ1) is 15.0. The average molecular weight is 287 g/mol. The molecule has 2 aromatic rings. The molecule has 0 aliphatic carbocycles. The van der Waals surface area contributed by atoms with Crippen molar-refractivity contribution in [1.82, 2.24) is 9.55 Å². The summed E-state index contributed by atoms with van der Waals surface area (Å²) in [6.45, 7) is 6.46. The van der Waals surface area contributed by atoms with Gasteiger partial charge >= 0.3 is 0 Å². The Hall–Kier alpha value is -2.43. The lowest BCUT2D eigenvalue weighted by atomic mass is 10.1. The van der Waals surface area contributed by atoms with Crippen LogP contribution in [0.25, 0.3) is 11.3 Å². The van der Waals surface area contributed by atoms with Crippen molar-refractivity contribution in [1.29, 1.82) is 0 Å². The van der Waals surface area contributed by atoms with E-state index in [4.69, 9.17) is 15.2 Å². The first-order chi connectivity index (χ1) is 10.2. The molecule has 2 rings (SSSR count). The number of ether oxygens (including phenoxy) is 2. The van der Waals surface area contributed by atoms with Crippen LogP contribution in [-0.4, -0.2) is 23.8 Å². The van der Waals surface area contributed by atoms with E-state index in [0.717, 1.165) is 29.3 Å². The van der Waals surface area contributed by atoms with Crippen LogP contribution in [0.15, 0.2) is 30.9 Å². The molecule has 5 heteroatoms. The smallest absolute Gasteiger partial charge is 0.132 e. The van der Waals surface area contributed by atoms with Crippen LogP contribution in [0.2, 0.25) is 0 Å². The molecule has 0 aliphatic heterocycles. The molecule has 0 saturated carbocycles. The summed E-state index contributed by atoms with van der Waals surface area (Å²) in [6, 6.07) is 5.61. The van der Waals surface area contributed by atoms with Gasteiger partial charge in [-0.05, 0) is 12.1 Å². The molecule has 0 radical (unpaired) electrons. The Morgan fingerprint density at radius 3 is 2.67 bits per heavy atom. The summed E-state index contributed by atoms with van der Waals surface area (Å²) in [5, 5.41) is 0. The number of hydrogen-bond donors (Lipinski definition) is 1. The third-order valence-electron chi connectivity index (χ3n) is 3.38. The zero-order valence-corrected chi connectivity index (χ0v) is 12.7. The fourth-order valence-electron chi connectivity index (χ4n) is 2.31. The van der Waals surface area contributed by atoms with E-state index >= 15 is 0 Å². The molecule has 0 bridgehead atoms. The Bertz CT molecular complexity index is 647. The van der Waals surface area contributed by atoms with E-state index in [9.17, 15) is 0 Å². The van der Waals surface area contributed by atoms with Crippen LogP contribution in [0.1, 0.15) is 12.7 Å². The number of imidazole rings is 1. The second-order valence-electron chi connectivity index (χ2n) is 4.58. The van der Waals surface area contributed by atoms with Gasteiger partial charge in [0.1, 0.15) is 28.8 Å². The monoisotopic (exact) mass is 287 g/mol. The standard InChI is InChI=1S/C16H21N3O2/c1-5-9-19-14(6-2)18-15(16(19)17)12-8-7-11(20-3)10-13(12)21-4/h5,7-8,10H,1,6,9,17H2,2-4H3. The lowest BCUT2D eigenvalue weighted by Gasteiger charge is -2.10. The number of nitrogens with two attached hydrogens (primary N) is 1. The minimum atomic E-state index is 0.621. The Morgan fingerprint density at radius 2 is 2.10 bits per heavy atom. The van der Waals surface area contributed by atoms with Gasteiger partial charge in [0.25, 0.3) is 0 Å². The van der Waals surface area contributed by atoms with Crippen molar-refractivity contribution in [2.75, 3.05) is 20.0 Å². The fraction of sp³-hybridized carbons (Fsp3) is 0.312. The minimum absolute atomic E-state index is 0.621. The summed E-state index contributed by atoms with van der Waals surface area (Å²) >= 11 is 0. The maximum atomic E-state index is 6.26. The third-order valence-corrected chi connectivity index (χ3v) is 3.38. The second kappa shape index (κ2) is 6.35. The van der Waals surface area contributed by atoms with Crippen molar-refractivity contribution in [3.8, 4) is 22.8 Å². The predicted molar refractivity (Wildman–Crippen MR) is 84.8 cm³/mol. The Labute approximate surface area is 125 Å². The van der Waals surface area contributed by atoms with Crippen LogP contribution in [0, 0.1) is 0 Å². The van der Waals surface area contributed by atoms with Gasteiger partial charge < -0.3 is 19.8 Å². The van der Waals surface area contributed by atoms with Crippen molar-refractivity contribution in [2.24, 2.45) is 0 Å². The van der Waals surface area contributed by atoms with E-state index in [0.29, 0.717) is 18.1 Å². The molecule has 2 N–H and O–H groups in total. The molecular weight excluding hydrogens is 266 g/mol. The normalized spacial score (nSPS) is 10.4. The summed E-state index contributed by atoms with van der Waals surface area (Å²) < 4.78 is 12.6. The molecule has 112 valence electrons. The van der Waals surface area contributed by atoms with Crippen LogP contribution in [-0.2, 0) is 13.0 Å². The van der Waals surface area contributed by atoms with E-state index in [1.807, 2.05) is 28.8 Å². The summed E-state index contributed by atoms with van der Waals surface area (Å²) in [7, 11) is 3.24. The summed E-state index contributed by atoms with van der Waals surface area (Å²) in [5.74, 6) is 2.97. The molecular formula is C16H21N3O2. The molecule has 0 spiro atoms. The highest BCUT2D eigenvalue weighted by atomic mass is 16.5. The van der Waals surface area contributed by atoms with Gasteiger partial charge in [0.05, 0.1) is 14.2 Å². The quantitative estimate of drug-likeness (QED) is 0.830. The van der Waals surface area contributed by atoms with Crippen LogP contribution >= 0.6 is 0 Å². The Morgan fingerprint density at radius 1 is 1.33 bits per heavy atom. The molecule has 0 atom stereocenters. The minimum Gasteiger partial charge on any atom is -0.497 e. The highest BCUT2D eigenvalue weighted by Crippen LogP contribution is 2.36. The lowest BCUT2D eigenvalue weighted by molar-refractivity contribution is 0.395. The van der Waals surface area contributed by atoms with Crippen LogP contribution in [0.4, 0.5) is 5.82 Å². The van der Waals surface area contributed by atoms with Crippen molar-refractivity contribution in [2.45, 2.75) is 19.9 Å². The van der Waals surface area contributed by atoms with Gasteiger partial charge in [-0.1, -0.05) is 13.0 Å². The van der Waals surface area contributed by atoms with Gasteiger partial charge in [0.15, 0.2) is 0 Å². The first-order valence-corrected chi connectivity index (χ1v) is 6.84. The number of aromatic nitrogens is 2. The fourth-order valence-corrected chi connectivity index (χ4v) is 2.31. The zero-order valence-electron chi connectivity index (χ0n) is 12.7. The number of benzene rings is 1. The zero-order chi connectivity index (χ0) is 15.4. The van der Waals surface area contributed by atoms with Crippen LogP contribution < -0.4 is 15.2 Å². The van der Waals surface area contributed by atoms with Gasteiger partial charge in [-0.2, -0.15) is 0 Å². The van der Waals surface area contributed by atoms with E-state index < -0.39 is 0 Å². The van der Waals surface area contributed by atoms with Crippen LogP contribution in [0.3, 0.4) is 0 Å². The van der Waals surface area contributed by atoms with Crippen molar-refractivity contribution < 1.29 is 9.47 Å². The molecule has 21 heavy (non-hydrogen) atoms. The maximum Gasteiger partial charge on any atom is 0.132 e. The Balaban J connectivity index is 2.58. The number of anilines is 1. The van der Waals surface area contributed by atoms with Crippen molar-refractivity contribution >= 4 is 5.82 Å². The van der Waals surface area contributed by atoms with Crippen LogP contribution in [0.5, 0.6) is 11.5 Å².